The van der Waals surface area contributed by atoms with Crippen molar-refractivity contribution in [3.8, 4) is 0 Å². The van der Waals surface area contributed by atoms with Gasteiger partial charge in [0.2, 0.25) is 0 Å². The zero-order chi connectivity index (χ0) is 10.7. The first-order valence-corrected chi connectivity index (χ1v) is 5.12. The molecule has 14 heavy (non-hydrogen) atoms. The van der Waals surface area contributed by atoms with E-state index in [9.17, 15) is 4.79 Å². The van der Waals surface area contributed by atoms with Crippen LogP contribution in [-0.2, 0) is 4.79 Å². The quantitative estimate of drug-likeness (QED) is 0.621. The Hall–Kier alpha value is -1.11. The Morgan fingerprint density at radius 1 is 1.43 bits per heavy atom. The Morgan fingerprint density at radius 3 is 2.50 bits per heavy atom. The van der Waals surface area contributed by atoms with Gasteiger partial charge < -0.3 is 0 Å². The van der Waals surface area contributed by atoms with Crippen molar-refractivity contribution in [3.63, 3.8) is 0 Å². The number of carbonyl (C=O) groups excluding carboxylic acids is 1. The van der Waals surface area contributed by atoms with Gasteiger partial charge in [-0.2, -0.15) is 0 Å². The Bertz CT molecular complexity index is 307. The highest BCUT2D eigenvalue weighted by molar-refractivity contribution is 5.99. The van der Waals surface area contributed by atoms with Crippen LogP contribution in [-0.4, -0.2) is 5.78 Å². The monoisotopic (exact) mass is 190 g/mol. The Balaban J connectivity index is 2.95. The molecule has 1 unspecified atom stereocenters. The minimum absolute atomic E-state index is 0.0579. The van der Waals surface area contributed by atoms with E-state index in [0.717, 1.165) is 30.4 Å². The predicted octanol–water partition coefficient (Wildman–Crippen LogP) is 3.43. The molecule has 0 aliphatic heterocycles. The summed E-state index contributed by atoms with van der Waals surface area (Å²) in [6.07, 6.45) is 4.73. The normalized spacial score (nSPS) is 18.1. The van der Waals surface area contributed by atoms with Crippen LogP contribution in [0, 0.1) is 5.92 Å². The zero-order valence-corrected chi connectivity index (χ0v) is 9.10. The first-order valence-electron chi connectivity index (χ1n) is 5.12. The second kappa shape index (κ2) is 4.41. The molecule has 1 aliphatic rings. The number of hydrogen-bond donors (Lipinski definition) is 0. The zero-order valence-electron chi connectivity index (χ0n) is 9.10. The molecular formula is C13H18O. The van der Waals surface area contributed by atoms with Gasteiger partial charge in [0.05, 0.1) is 0 Å². The molecular weight excluding hydrogens is 172 g/mol. The topological polar surface area (TPSA) is 17.1 Å². The maximum absolute atomic E-state index is 11.9. The van der Waals surface area contributed by atoms with Crippen molar-refractivity contribution in [2.75, 3.05) is 0 Å². The smallest absolute Gasteiger partial charge is 0.165 e. The number of hydrogen-bond acceptors (Lipinski definition) is 1. The summed E-state index contributed by atoms with van der Waals surface area (Å²) < 4.78 is 0. The van der Waals surface area contributed by atoms with Gasteiger partial charge in [-0.3, -0.25) is 4.79 Å². The summed E-state index contributed by atoms with van der Waals surface area (Å²) in [6.45, 7) is 11.5. The van der Waals surface area contributed by atoms with E-state index in [2.05, 4.69) is 13.2 Å². The van der Waals surface area contributed by atoms with Gasteiger partial charge in [-0.25, -0.2) is 0 Å². The van der Waals surface area contributed by atoms with Gasteiger partial charge in [-0.15, -0.1) is 6.58 Å². The first kappa shape index (κ1) is 11.0. The van der Waals surface area contributed by atoms with Gasteiger partial charge in [0, 0.05) is 5.92 Å². The second-order valence-corrected chi connectivity index (χ2v) is 3.98. The lowest BCUT2D eigenvalue weighted by molar-refractivity contribution is -0.117. The average molecular weight is 190 g/mol. The van der Waals surface area contributed by atoms with Crippen molar-refractivity contribution < 1.29 is 4.79 Å². The Kier molecular flexibility index (Phi) is 3.45. The van der Waals surface area contributed by atoms with Gasteiger partial charge in [0.15, 0.2) is 5.78 Å². The molecule has 0 heterocycles. The van der Waals surface area contributed by atoms with Gasteiger partial charge in [0.25, 0.3) is 0 Å². The van der Waals surface area contributed by atoms with E-state index in [1.54, 1.807) is 6.08 Å². The fourth-order valence-electron chi connectivity index (χ4n) is 1.87. The van der Waals surface area contributed by atoms with Gasteiger partial charge in [0.1, 0.15) is 0 Å². The molecule has 1 atom stereocenters. The van der Waals surface area contributed by atoms with Crippen LogP contribution in [0.1, 0.15) is 33.1 Å². The van der Waals surface area contributed by atoms with Crippen molar-refractivity contribution >= 4 is 5.78 Å². The molecule has 0 fully saturated rings. The molecule has 1 heteroatoms. The Morgan fingerprint density at radius 2 is 2.00 bits per heavy atom. The predicted molar refractivity (Wildman–Crippen MR) is 60.1 cm³/mol. The van der Waals surface area contributed by atoms with Crippen LogP contribution in [0.15, 0.2) is 36.0 Å². The van der Waals surface area contributed by atoms with Crippen LogP contribution in [0.5, 0.6) is 0 Å². The molecule has 0 aromatic heterocycles. The average Bonchev–Trinajstić information content (AvgIpc) is 2.63. The molecule has 0 saturated carbocycles. The fourth-order valence-corrected chi connectivity index (χ4v) is 1.87. The molecule has 1 aliphatic carbocycles. The van der Waals surface area contributed by atoms with Crippen LogP contribution in [0.2, 0.25) is 0 Å². The lowest BCUT2D eigenvalue weighted by Crippen LogP contribution is -2.11. The van der Waals surface area contributed by atoms with Crippen LogP contribution in [0.4, 0.5) is 0 Å². The van der Waals surface area contributed by atoms with Gasteiger partial charge >= 0.3 is 0 Å². The highest BCUT2D eigenvalue weighted by Crippen LogP contribution is 2.32. The molecule has 0 bridgehead atoms. The van der Waals surface area contributed by atoms with Crippen LogP contribution in [0.3, 0.4) is 0 Å². The third-order valence-electron chi connectivity index (χ3n) is 2.80. The van der Waals surface area contributed by atoms with E-state index >= 15 is 0 Å². The summed E-state index contributed by atoms with van der Waals surface area (Å²) >= 11 is 0. The number of ketones is 1. The van der Waals surface area contributed by atoms with Crippen LogP contribution >= 0.6 is 0 Å². The van der Waals surface area contributed by atoms with Crippen LogP contribution < -0.4 is 0 Å². The second-order valence-electron chi connectivity index (χ2n) is 3.98. The van der Waals surface area contributed by atoms with Crippen molar-refractivity contribution in [3.05, 3.63) is 36.0 Å². The highest BCUT2D eigenvalue weighted by atomic mass is 16.1. The molecule has 0 aromatic rings. The van der Waals surface area contributed by atoms with E-state index in [1.807, 2.05) is 13.8 Å². The largest absolute Gasteiger partial charge is 0.294 e. The maximum atomic E-state index is 11.9. The molecule has 0 saturated heterocycles. The summed E-state index contributed by atoms with van der Waals surface area (Å²) in [5.74, 6) is 0.174. The van der Waals surface area contributed by atoms with E-state index in [0.29, 0.717) is 0 Å². The highest BCUT2D eigenvalue weighted by Gasteiger charge is 2.23. The minimum atomic E-state index is -0.0579. The number of allylic oxidation sites excluding steroid dienone is 4. The molecule has 0 amide bonds. The molecule has 0 N–H and O–H groups in total. The Labute approximate surface area is 86.2 Å². The summed E-state index contributed by atoms with van der Waals surface area (Å²) in [4.78, 5) is 11.9. The lowest BCUT2D eigenvalue weighted by Gasteiger charge is -2.09. The summed E-state index contributed by atoms with van der Waals surface area (Å²) in [6, 6.07) is 0. The molecule has 0 aromatic carbocycles. The SMILES string of the molecule is C=CC(C)C(=O)C1=C(C(=C)C)CCC1. The lowest BCUT2D eigenvalue weighted by atomic mass is 9.94. The number of Topliss-reactive ketones (excluding diaryl/α,β-unsaturated/α-hetero) is 1. The third-order valence-corrected chi connectivity index (χ3v) is 2.80. The van der Waals surface area contributed by atoms with Crippen LogP contribution in [0.25, 0.3) is 0 Å². The molecule has 76 valence electrons. The summed E-state index contributed by atoms with van der Waals surface area (Å²) in [7, 11) is 0. The van der Waals surface area contributed by atoms with Crippen molar-refractivity contribution in [2.45, 2.75) is 33.1 Å². The van der Waals surface area contributed by atoms with Crippen molar-refractivity contribution in [2.24, 2.45) is 5.92 Å². The van der Waals surface area contributed by atoms with Crippen molar-refractivity contribution in [1.82, 2.24) is 0 Å². The van der Waals surface area contributed by atoms with E-state index in [1.165, 1.54) is 5.57 Å². The third kappa shape index (κ3) is 2.03. The van der Waals surface area contributed by atoms with E-state index in [4.69, 9.17) is 0 Å². The first-order chi connectivity index (χ1) is 6.57. The standard InChI is InChI=1S/C13H18O/c1-5-10(4)13(14)12-8-6-7-11(12)9(2)3/h5,10H,1-2,6-8H2,3-4H3. The van der Waals surface area contributed by atoms with Gasteiger partial charge in [-0.1, -0.05) is 25.2 Å². The number of rotatable bonds is 4. The maximum Gasteiger partial charge on any atom is 0.165 e. The summed E-state index contributed by atoms with van der Waals surface area (Å²) in [5, 5.41) is 0. The van der Waals surface area contributed by atoms with Gasteiger partial charge in [-0.05, 0) is 37.3 Å². The van der Waals surface area contributed by atoms with E-state index in [-0.39, 0.29) is 11.7 Å². The molecule has 0 radical (unpaired) electrons. The number of carbonyl (C=O) groups is 1. The molecule has 1 nitrogen and oxygen atoms in total. The fraction of sp³-hybridized carbons (Fsp3) is 0.462. The van der Waals surface area contributed by atoms with Crippen molar-refractivity contribution in [1.29, 1.82) is 0 Å². The molecule has 0 spiro atoms. The summed E-state index contributed by atoms with van der Waals surface area (Å²) in [5.41, 5.74) is 3.22. The molecule has 1 rings (SSSR count). The minimum Gasteiger partial charge on any atom is -0.294 e. The van der Waals surface area contributed by atoms with E-state index < -0.39 is 0 Å².